The van der Waals surface area contributed by atoms with Gasteiger partial charge in [-0.3, -0.25) is 0 Å². The minimum absolute atomic E-state index is 0.0563. The molecular weight excluding hydrogens is 263 g/mol. The van der Waals surface area contributed by atoms with Gasteiger partial charge in [-0.05, 0) is 24.4 Å². The molecule has 0 radical (unpaired) electrons. The van der Waals surface area contributed by atoms with Gasteiger partial charge in [0.25, 0.3) is 0 Å². The lowest BCUT2D eigenvalue weighted by atomic mass is 10.2. The summed E-state index contributed by atoms with van der Waals surface area (Å²) in [6, 6.07) is 1.57. The Morgan fingerprint density at radius 2 is 2.06 bits per heavy atom. The Labute approximate surface area is 100 Å². The Bertz CT molecular complexity index is 408. The summed E-state index contributed by atoms with van der Waals surface area (Å²) in [4.78, 5) is 3.66. The van der Waals surface area contributed by atoms with E-state index in [1.54, 1.807) is 0 Å². The van der Waals surface area contributed by atoms with Crippen LogP contribution in [0.1, 0.15) is 5.56 Å². The smallest absolute Gasteiger partial charge is 0.365 e. The Kier molecular flexibility index (Phi) is 3.93. The quantitative estimate of drug-likeness (QED) is 0.607. The van der Waals surface area contributed by atoms with Crippen molar-refractivity contribution in [3.63, 3.8) is 0 Å². The van der Waals surface area contributed by atoms with E-state index in [4.69, 9.17) is 23.8 Å². The van der Waals surface area contributed by atoms with Crippen molar-refractivity contribution in [3.8, 4) is 0 Å². The van der Waals surface area contributed by atoms with E-state index in [1.807, 2.05) is 0 Å². The van der Waals surface area contributed by atoms with Crippen molar-refractivity contribution in [3.05, 3.63) is 22.8 Å². The number of anilines is 1. The van der Waals surface area contributed by atoms with E-state index in [-0.39, 0.29) is 16.1 Å². The maximum Gasteiger partial charge on any atom is 0.416 e. The van der Waals surface area contributed by atoms with Crippen molar-refractivity contribution in [2.24, 2.45) is 0 Å². The van der Waals surface area contributed by atoms with Crippen molar-refractivity contribution >= 4 is 34.7 Å². The molecule has 0 saturated heterocycles. The van der Waals surface area contributed by atoms with Crippen LogP contribution in [0.25, 0.3) is 0 Å². The minimum atomic E-state index is -4.47. The van der Waals surface area contributed by atoms with Gasteiger partial charge in [0, 0.05) is 7.05 Å². The van der Waals surface area contributed by atoms with Gasteiger partial charge in [0.05, 0.1) is 5.56 Å². The van der Waals surface area contributed by atoms with Gasteiger partial charge in [-0.15, -0.1) is 0 Å². The van der Waals surface area contributed by atoms with Crippen LogP contribution in [0.15, 0.2) is 12.1 Å². The van der Waals surface area contributed by atoms with Crippen LogP contribution in [0.5, 0.6) is 0 Å². The molecule has 2 N–H and O–H groups in total. The summed E-state index contributed by atoms with van der Waals surface area (Å²) >= 11 is 10.2. The number of thiocarbonyl (C=S) groups is 1. The summed E-state index contributed by atoms with van der Waals surface area (Å²) in [5.74, 6) is -0.0563. The molecule has 1 aromatic heterocycles. The molecule has 1 rings (SSSR count). The van der Waals surface area contributed by atoms with Crippen molar-refractivity contribution in [2.75, 3.05) is 12.4 Å². The molecule has 1 heterocycles. The van der Waals surface area contributed by atoms with Gasteiger partial charge < -0.3 is 10.6 Å². The highest BCUT2D eigenvalue weighted by Crippen LogP contribution is 2.31. The second-order valence-electron chi connectivity index (χ2n) is 2.77. The highest BCUT2D eigenvalue weighted by atomic mass is 35.5. The summed E-state index contributed by atoms with van der Waals surface area (Å²) < 4.78 is 37.2. The van der Waals surface area contributed by atoms with Crippen LogP contribution in [0.3, 0.4) is 0 Å². The van der Waals surface area contributed by atoms with Gasteiger partial charge in [0.1, 0.15) is 11.0 Å². The van der Waals surface area contributed by atoms with Crippen molar-refractivity contribution in [1.29, 1.82) is 0 Å². The topological polar surface area (TPSA) is 37.0 Å². The molecule has 3 nitrogen and oxygen atoms in total. The third-order valence-corrected chi connectivity index (χ3v) is 2.09. The van der Waals surface area contributed by atoms with Crippen LogP contribution >= 0.6 is 23.8 Å². The van der Waals surface area contributed by atoms with E-state index < -0.39 is 11.7 Å². The lowest BCUT2D eigenvalue weighted by Crippen LogP contribution is -2.25. The van der Waals surface area contributed by atoms with E-state index in [1.165, 1.54) is 7.05 Å². The molecule has 0 spiro atoms. The van der Waals surface area contributed by atoms with Gasteiger partial charge in [0.2, 0.25) is 0 Å². The number of halogens is 4. The first-order chi connectivity index (χ1) is 7.32. The summed E-state index contributed by atoms with van der Waals surface area (Å²) in [5, 5.41) is 4.92. The standard InChI is InChI=1S/C8H7ClF3N3S/c1-13-7(16)15-6-3-4(8(10,11)12)2-5(9)14-6/h2-3H,1H3,(H2,13,14,15,16). The lowest BCUT2D eigenvalue weighted by Gasteiger charge is -2.10. The second kappa shape index (κ2) is 4.84. The van der Waals surface area contributed by atoms with Crippen molar-refractivity contribution in [1.82, 2.24) is 10.3 Å². The predicted molar refractivity (Wildman–Crippen MR) is 59.5 cm³/mol. The zero-order valence-electron chi connectivity index (χ0n) is 8.02. The van der Waals surface area contributed by atoms with Gasteiger partial charge >= 0.3 is 6.18 Å². The Hall–Kier alpha value is -1.08. The number of pyridine rings is 1. The third kappa shape index (κ3) is 3.49. The van der Waals surface area contributed by atoms with Crippen LogP contribution in [-0.4, -0.2) is 17.1 Å². The fourth-order valence-electron chi connectivity index (χ4n) is 0.903. The maximum absolute atomic E-state index is 12.4. The number of alkyl halides is 3. The maximum atomic E-state index is 12.4. The highest BCUT2D eigenvalue weighted by molar-refractivity contribution is 7.80. The molecular formula is C8H7ClF3N3S. The number of hydrogen-bond acceptors (Lipinski definition) is 2. The van der Waals surface area contributed by atoms with Gasteiger partial charge in [-0.2, -0.15) is 13.2 Å². The lowest BCUT2D eigenvalue weighted by molar-refractivity contribution is -0.137. The van der Waals surface area contributed by atoms with Crippen LogP contribution in [0, 0.1) is 0 Å². The third-order valence-electron chi connectivity index (χ3n) is 1.59. The first-order valence-electron chi connectivity index (χ1n) is 4.06. The molecule has 0 aromatic carbocycles. The molecule has 0 aliphatic carbocycles. The molecule has 88 valence electrons. The molecule has 0 aliphatic heterocycles. The minimum Gasteiger partial charge on any atom is -0.365 e. The Morgan fingerprint density at radius 3 is 2.56 bits per heavy atom. The molecule has 0 bridgehead atoms. The van der Waals surface area contributed by atoms with Crippen LogP contribution in [0.4, 0.5) is 19.0 Å². The van der Waals surface area contributed by atoms with Crippen LogP contribution in [0.2, 0.25) is 5.15 Å². The van der Waals surface area contributed by atoms with E-state index in [2.05, 4.69) is 15.6 Å². The van der Waals surface area contributed by atoms with E-state index in [0.717, 1.165) is 12.1 Å². The molecule has 0 amide bonds. The Morgan fingerprint density at radius 1 is 1.44 bits per heavy atom. The van der Waals surface area contributed by atoms with Crippen molar-refractivity contribution < 1.29 is 13.2 Å². The van der Waals surface area contributed by atoms with E-state index >= 15 is 0 Å². The summed E-state index contributed by atoms with van der Waals surface area (Å²) in [6.45, 7) is 0. The van der Waals surface area contributed by atoms with Gasteiger partial charge in [-0.25, -0.2) is 4.98 Å². The predicted octanol–water partition coefficient (Wildman–Crippen LogP) is 2.67. The number of aromatic nitrogens is 1. The SMILES string of the molecule is CNC(=S)Nc1cc(C(F)(F)F)cc(Cl)n1. The summed E-state index contributed by atoms with van der Waals surface area (Å²) in [7, 11) is 1.53. The van der Waals surface area contributed by atoms with Crippen molar-refractivity contribution in [2.45, 2.75) is 6.18 Å². The molecule has 8 heteroatoms. The van der Waals surface area contributed by atoms with E-state index in [9.17, 15) is 13.2 Å². The second-order valence-corrected chi connectivity index (χ2v) is 3.56. The first-order valence-corrected chi connectivity index (χ1v) is 4.85. The zero-order valence-corrected chi connectivity index (χ0v) is 9.59. The molecule has 0 atom stereocenters. The summed E-state index contributed by atoms with van der Waals surface area (Å²) in [5.41, 5.74) is -0.881. The normalized spacial score (nSPS) is 11.1. The highest BCUT2D eigenvalue weighted by Gasteiger charge is 2.31. The average molecular weight is 270 g/mol. The molecule has 1 aromatic rings. The first kappa shape index (κ1) is 13.0. The fraction of sp³-hybridized carbons (Fsp3) is 0.250. The van der Waals surface area contributed by atoms with Crippen LogP contribution < -0.4 is 10.6 Å². The Balaban J connectivity index is 3.04. The largest absolute Gasteiger partial charge is 0.416 e. The molecule has 0 unspecified atom stereocenters. The molecule has 0 saturated carbocycles. The number of hydrogen-bond donors (Lipinski definition) is 2. The van der Waals surface area contributed by atoms with Gasteiger partial charge in [0.15, 0.2) is 5.11 Å². The monoisotopic (exact) mass is 269 g/mol. The molecule has 16 heavy (non-hydrogen) atoms. The number of nitrogens with one attached hydrogen (secondary N) is 2. The molecule has 0 fully saturated rings. The average Bonchev–Trinajstić information content (AvgIpc) is 2.15. The summed E-state index contributed by atoms with van der Waals surface area (Å²) in [6.07, 6.45) is -4.47. The van der Waals surface area contributed by atoms with E-state index in [0.29, 0.717) is 0 Å². The zero-order chi connectivity index (χ0) is 12.3. The number of nitrogens with zero attached hydrogens (tertiary/aromatic N) is 1. The number of rotatable bonds is 1. The fourth-order valence-corrected chi connectivity index (χ4v) is 1.22. The van der Waals surface area contributed by atoms with Gasteiger partial charge in [-0.1, -0.05) is 11.6 Å². The molecule has 0 aliphatic rings. The van der Waals surface area contributed by atoms with Crippen LogP contribution in [-0.2, 0) is 6.18 Å².